The fourth-order valence-electron chi connectivity index (χ4n) is 1.31. The third-order valence-electron chi connectivity index (χ3n) is 2.04. The minimum absolute atomic E-state index is 0. The maximum Gasteiger partial charge on any atom is 1.00 e. The largest absolute Gasteiger partial charge is 1.00 e. The average molecular weight is 250 g/mol. The van der Waals surface area contributed by atoms with Crippen LogP contribution in [0.3, 0.4) is 0 Å². The first kappa shape index (κ1) is 14.0. The summed E-state index contributed by atoms with van der Waals surface area (Å²) in [5.41, 5.74) is -0.166. The van der Waals surface area contributed by atoms with Gasteiger partial charge in [0.2, 0.25) is 0 Å². The maximum absolute atomic E-state index is 12.4. The average Bonchev–Trinajstić information content (AvgIpc) is 2.69. The van der Waals surface area contributed by atoms with Gasteiger partial charge in [-0.2, -0.15) is 0 Å². The van der Waals surface area contributed by atoms with E-state index in [0.29, 0.717) is 11.4 Å². The van der Waals surface area contributed by atoms with E-state index in [0.717, 1.165) is 12.1 Å². The summed E-state index contributed by atoms with van der Waals surface area (Å²) in [6, 6.07) is 5.12. The third-order valence-corrected chi connectivity index (χ3v) is 2.04. The number of aromatic nitrogens is 2. The zero-order chi connectivity index (χ0) is 10.9. The number of hydrogen-bond donors (Lipinski definition) is 1. The SMILES string of the molecule is F[B-](F)(F)c1cccc(-c2ncc[nH]2)c1.[K+]. The molecule has 1 heterocycles. The van der Waals surface area contributed by atoms with Gasteiger partial charge in [0.25, 0.3) is 0 Å². The van der Waals surface area contributed by atoms with E-state index in [9.17, 15) is 12.9 Å². The van der Waals surface area contributed by atoms with E-state index >= 15 is 0 Å². The molecule has 78 valence electrons. The molecule has 0 spiro atoms. The van der Waals surface area contributed by atoms with Crippen LogP contribution in [-0.4, -0.2) is 16.9 Å². The summed E-state index contributed by atoms with van der Waals surface area (Å²) < 4.78 is 37.3. The van der Waals surface area contributed by atoms with Crippen LogP contribution in [0.1, 0.15) is 0 Å². The van der Waals surface area contributed by atoms with Crippen molar-refractivity contribution in [3.05, 3.63) is 36.7 Å². The molecule has 1 aromatic heterocycles. The fourth-order valence-corrected chi connectivity index (χ4v) is 1.31. The molecule has 0 aliphatic heterocycles. The van der Waals surface area contributed by atoms with Crippen molar-refractivity contribution in [2.75, 3.05) is 0 Å². The molecule has 0 atom stereocenters. The molecule has 1 N–H and O–H groups in total. The summed E-state index contributed by atoms with van der Waals surface area (Å²) in [6.45, 7) is -4.95. The molecule has 0 aliphatic rings. The molecule has 0 bridgehead atoms. The molecule has 2 rings (SSSR count). The Bertz CT molecular complexity index is 456. The van der Waals surface area contributed by atoms with Gasteiger partial charge in [-0.05, 0) is 0 Å². The standard InChI is InChI=1S/C9H7BF3N2.K/c11-10(12,13)8-3-1-2-7(6-8)9-14-4-5-15-9;/h1-6H,(H,14,15);/q-1;+1. The molecular formula is C9H7BF3KN2. The number of rotatable bonds is 2. The van der Waals surface area contributed by atoms with E-state index in [4.69, 9.17) is 0 Å². The maximum atomic E-state index is 12.4. The van der Waals surface area contributed by atoms with E-state index in [1.807, 2.05) is 0 Å². The van der Waals surface area contributed by atoms with Crippen molar-refractivity contribution in [1.82, 2.24) is 9.97 Å². The first-order valence-corrected chi connectivity index (χ1v) is 4.37. The smallest absolute Gasteiger partial charge is 0.445 e. The van der Waals surface area contributed by atoms with Crippen LogP contribution in [0, 0.1) is 0 Å². The zero-order valence-electron chi connectivity index (χ0n) is 8.62. The summed E-state index contributed by atoms with van der Waals surface area (Å²) in [5.74, 6) is 0.442. The number of benzene rings is 1. The van der Waals surface area contributed by atoms with Crippen LogP contribution >= 0.6 is 0 Å². The second kappa shape index (κ2) is 5.50. The molecule has 2 aromatic rings. The third kappa shape index (κ3) is 3.21. The van der Waals surface area contributed by atoms with E-state index in [2.05, 4.69) is 9.97 Å². The van der Waals surface area contributed by atoms with Crippen LogP contribution in [0.2, 0.25) is 0 Å². The van der Waals surface area contributed by atoms with Crippen molar-refractivity contribution in [2.24, 2.45) is 0 Å². The Balaban J connectivity index is 0.00000128. The molecule has 2 nitrogen and oxygen atoms in total. The topological polar surface area (TPSA) is 28.7 Å². The van der Waals surface area contributed by atoms with Gasteiger partial charge in [0, 0.05) is 18.0 Å². The predicted octanol–water partition coefficient (Wildman–Crippen LogP) is -0.865. The zero-order valence-corrected chi connectivity index (χ0v) is 11.7. The number of nitrogens with one attached hydrogen (secondary N) is 1. The van der Waals surface area contributed by atoms with Crippen molar-refractivity contribution < 1.29 is 64.3 Å². The summed E-state index contributed by atoms with van der Waals surface area (Å²) in [5, 5.41) is 0. The molecule has 0 saturated carbocycles. The molecule has 0 unspecified atom stereocenters. The number of hydrogen-bond acceptors (Lipinski definition) is 1. The number of H-pyrrole nitrogens is 1. The van der Waals surface area contributed by atoms with Crippen LogP contribution in [-0.2, 0) is 0 Å². The fraction of sp³-hybridized carbons (Fsp3) is 0. The van der Waals surface area contributed by atoms with Crippen LogP contribution in [0.5, 0.6) is 0 Å². The molecule has 16 heavy (non-hydrogen) atoms. The van der Waals surface area contributed by atoms with E-state index in [-0.39, 0.29) is 51.4 Å². The van der Waals surface area contributed by atoms with Gasteiger partial charge in [0.1, 0.15) is 5.82 Å². The van der Waals surface area contributed by atoms with Gasteiger partial charge >= 0.3 is 58.4 Å². The molecular weight excluding hydrogens is 243 g/mol. The van der Waals surface area contributed by atoms with E-state index in [1.54, 1.807) is 12.3 Å². The molecule has 0 radical (unpaired) electrons. The van der Waals surface area contributed by atoms with Crippen LogP contribution in [0.25, 0.3) is 11.4 Å². The Kier molecular flexibility index (Phi) is 4.81. The van der Waals surface area contributed by atoms with Gasteiger partial charge in [-0.15, -0.1) is 5.46 Å². The van der Waals surface area contributed by atoms with Crippen LogP contribution < -0.4 is 56.8 Å². The Hall–Kier alpha value is -0.0787. The number of aromatic amines is 1. The summed E-state index contributed by atoms with van der Waals surface area (Å²) >= 11 is 0. The Morgan fingerprint density at radius 2 is 1.94 bits per heavy atom. The Morgan fingerprint density at radius 3 is 2.50 bits per heavy atom. The van der Waals surface area contributed by atoms with Crippen LogP contribution in [0.15, 0.2) is 36.7 Å². The number of nitrogens with zero attached hydrogens (tertiary/aromatic N) is 1. The van der Waals surface area contributed by atoms with Crippen molar-refractivity contribution in [2.45, 2.75) is 0 Å². The first-order valence-electron chi connectivity index (χ1n) is 4.37. The molecule has 7 heteroatoms. The molecule has 0 amide bonds. The normalized spacial score (nSPS) is 10.9. The molecule has 0 aliphatic carbocycles. The van der Waals surface area contributed by atoms with Gasteiger partial charge in [0.15, 0.2) is 0 Å². The van der Waals surface area contributed by atoms with Crippen molar-refractivity contribution in [1.29, 1.82) is 0 Å². The van der Waals surface area contributed by atoms with Gasteiger partial charge in [-0.1, -0.05) is 24.3 Å². The second-order valence-corrected chi connectivity index (χ2v) is 3.14. The van der Waals surface area contributed by atoms with Gasteiger partial charge in [0.05, 0.1) is 0 Å². The van der Waals surface area contributed by atoms with Gasteiger partial charge < -0.3 is 17.9 Å². The minimum Gasteiger partial charge on any atom is -0.445 e. The van der Waals surface area contributed by atoms with Crippen molar-refractivity contribution in [3.63, 3.8) is 0 Å². The van der Waals surface area contributed by atoms with Gasteiger partial charge in [-0.25, -0.2) is 4.98 Å². The monoisotopic (exact) mass is 250 g/mol. The predicted molar refractivity (Wildman–Crippen MR) is 52.7 cm³/mol. The minimum atomic E-state index is -4.95. The Morgan fingerprint density at radius 1 is 1.19 bits per heavy atom. The summed E-state index contributed by atoms with van der Waals surface area (Å²) in [4.78, 5) is 6.65. The quantitative estimate of drug-likeness (QED) is 0.690. The molecule has 0 fully saturated rings. The van der Waals surface area contributed by atoms with Crippen molar-refractivity contribution in [3.8, 4) is 11.4 Å². The van der Waals surface area contributed by atoms with Gasteiger partial charge in [-0.3, -0.25) is 0 Å². The van der Waals surface area contributed by atoms with Crippen molar-refractivity contribution >= 4 is 12.4 Å². The Labute approximate surface area is 133 Å². The molecule has 0 saturated heterocycles. The number of imidazole rings is 1. The molecule has 1 aromatic carbocycles. The summed E-state index contributed by atoms with van der Waals surface area (Å²) in [6.07, 6.45) is 3.07. The summed E-state index contributed by atoms with van der Waals surface area (Å²) in [7, 11) is 0. The second-order valence-electron chi connectivity index (χ2n) is 3.14. The van der Waals surface area contributed by atoms with E-state index < -0.39 is 12.4 Å². The van der Waals surface area contributed by atoms with Crippen LogP contribution in [0.4, 0.5) is 12.9 Å². The first-order chi connectivity index (χ1) is 7.07. The number of halogens is 3. The van der Waals surface area contributed by atoms with E-state index in [1.165, 1.54) is 12.3 Å².